The van der Waals surface area contributed by atoms with Crippen LogP contribution in [0.2, 0.25) is 10.0 Å². The summed E-state index contributed by atoms with van der Waals surface area (Å²) in [5.41, 5.74) is -3.78. The molecule has 0 unspecified atom stereocenters. The summed E-state index contributed by atoms with van der Waals surface area (Å²) < 4.78 is 68.2. The van der Waals surface area contributed by atoms with Crippen LogP contribution in [-0.4, -0.2) is 54.7 Å². The average molecular weight is 538 g/mol. The number of rotatable bonds is 5. The minimum Gasteiger partial charge on any atom is -0.336 e. The van der Waals surface area contributed by atoms with Gasteiger partial charge in [-0.25, -0.2) is 8.42 Å². The first-order chi connectivity index (χ1) is 15.8. The van der Waals surface area contributed by atoms with E-state index in [4.69, 9.17) is 23.2 Å². The highest BCUT2D eigenvalue weighted by atomic mass is 35.5. The smallest absolute Gasteiger partial charge is 0.336 e. The molecule has 7 nitrogen and oxygen atoms in total. The standard InChI is InChI=1S/C21H20Cl2F3N3O4S/c22-12-2-3-16(14(23)8-12)34(32,33)13-9-15(17(30)28-19(11-27)6-7-19)29(10-13)18(31)20(4-1-5-20)21(24,25)26/h2-3,8,13,15H,1,4-7,9-10H2,(H,28,30)/t13-,15+/m1/s1. The van der Waals surface area contributed by atoms with Crippen molar-refractivity contribution in [1.82, 2.24) is 10.2 Å². The van der Waals surface area contributed by atoms with Crippen molar-refractivity contribution in [1.29, 1.82) is 5.26 Å². The Morgan fingerprint density at radius 1 is 1.18 bits per heavy atom. The van der Waals surface area contributed by atoms with E-state index in [0.29, 0.717) is 12.8 Å². The fraction of sp³-hybridized carbons (Fsp3) is 0.571. The van der Waals surface area contributed by atoms with E-state index in [1.165, 1.54) is 18.2 Å². The zero-order valence-electron chi connectivity index (χ0n) is 17.7. The number of halogens is 5. The van der Waals surface area contributed by atoms with Gasteiger partial charge in [-0.3, -0.25) is 9.59 Å². The number of sulfone groups is 1. The summed E-state index contributed by atoms with van der Waals surface area (Å²) in [7, 11) is -4.23. The number of nitriles is 1. The van der Waals surface area contributed by atoms with Crippen LogP contribution in [-0.2, 0) is 19.4 Å². The van der Waals surface area contributed by atoms with Crippen LogP contribution < -0.4 is 5.32 Å². The molecule has 1 aromatic rings. The molecular formula is C21H20Cl2F3N3O4S. The molecule has 0 radical (unpaired) electrons. The molecule has 1 aliphatic heterocycles. The van der Waals surface area contributed by atoms with Crippen molar-refractivity contribution in [2.24, 2.45) is 5.41 Å². The van der Waals surface area contributed by atoms with E-state index in [1.54, 1.807) is 0 Å². The number of nitrogens with zero attached hydrogens (tertiary/aromatic N) is 2. The van der Waals surface area contributed by atoms with E-state index in [2.05, 4.69) is 5.32 Å². The summed E-state index contributed by atoms with van der Waals surface area (Å²) in [4.78, 5) is 26.6. The Kier molecular flexibility index (Phi) is 6.10. The van der Waals surface area contributed by atoms with Crippen LogP contribution in [0, 0.1) is 16.7 Å². The third kappa shape index (κ3) is 4.03. The molecule has 0 bridgehead atoms. The van der Waals surface area contributed by atoms with Gasteiger partial charge in [-0.2, -0.15) is 18.4 Å². The summed E-state index contributed by atoms with van der Waals surface area (Å²) in [6, 6.07) is 4.18. The molecule has 3 aliphatic rings. The summed E-state index contributed by atoms with van der Waals surface area (Å²) >= 11 is 11.9. The number of alkyl halides is 3. The highest BCUT2D eigenvalue weighted by Gasteiger charge is 2.66. The Bertz CT molecular complexity index is 1190. The maximum absolute atomic E-state index is 13.9. The summed E-state index contributed by atoms with van der Waals surface area (Å²) in [5.74, 6) is -2.16. The Balaban J connectivity index is 1.69. The van der Waals surface area contributed by atoms with Crippen molar-refractivity contribution in [3.05, 3.63) is 28.2 Å². The highest BCUT2D eigenvalue weighted by molar-refractivity contribution is 7.92. The monoisotopic (exact) mass is 537 g/mol. The summed E-state index contributed by atoms with van der Waals surface area (Å²) in [5, 5.41) is 10.4. The second-order valence-corrected chi connectivity index (χ2v) is 12.1. The minimum absolute atomic E-state index is 0.176. The number of likely N-dealkylation sites (tertiary alicyclic amines) is 1. The van der Waals surface area contributed by atoms with E-state index in [9.17, 15) is 36.4 Å². The van der Waals surface area contributed by atoms with Crippen LogP contribution in [0.3, 0.4) is 0 Å². The lowest BCUT2D eigenvalue weighted by Crippen LogP contribution is -2.59. The molecule has 2 aliphatic carbocycles. The zero-order chi connectivity index (χ0) is 25.1. The normalized spacial score (nSPS) is 25.2. The quantitative estimate of drug-likeness (QED) is 0.616. The van der Waals surface area contributed by atoms with Crippen LogP contribution in [0.15, 0.2) is 23.1 Å². The number of hydrogen-bond donors (Lipinski definition) is 1. The number of hydrogen-bond acceptors (Lipinski definition) is 5. The van der Waals surface area contributed by atoms with Crippen molar-refractivity contribution in [3.8, 4) is 6.07 Å². The largest absolute Gasteiger partial charge is 0.403 e. The van der Waals surface area contributed by atoms with Gasteiger partial charge in [0.25, 0.3) is 0 Å². The molecule has 184 valence electrons. The van der Waals surface area contributed by atoms with Gasteiger partial charge in [-0.05, 0) is 50.3 Å². The van der Waals surface area contributed by atoms with Crippen molar-refractivity contribution in [2.45, 2.75) is 66.4 Å². The number of carbonyl (C=O) groups excluding carboxylic acids is 2. The molecule has 2 amide bonds. The van der Waals surface area contributed by atoms with E-state index >= 15 is 0 Å². The molecule has 1 aromatic carbocycles. The maximum Gasteiger partial charge on any atom is 0.403 e. The van der Waals surface area contributed by atoms with Crippen molar-refractivity contribution in [2.75, 3.05) is 6.54 Å². The third-order valence-electron chi connectivity index (χ3n) is 6.95. The first-order valence-electron chi connectivity index (χ1n) is 10.6. The van der Waals surface area contributed by atoms with Crippen LogP contribution in [0.4, 0.5) is 13.2 Å². The molecule has 0 spiro atoms. The minimum atomic E-state index is -4.84. The molecule has 2 atom stereocenters. The van der Waals surface area contributed by atoms with Gasteiger partial charge in [-0.1, -0.05) is 29.6 Å². The topological polar surface area (TPSA) is 107 Å². The Hall–Kier alpha value is -2.03. The lowest BCUT2D eigenvalue weighted by molar-refractivity contribution is -0.248. The van der Waals surface area contributed by atoms with E-state index in [1.807, 2.05) is 6.07 Å². The van der Waals surface area contributed by atoms with Crippen LogP contribution >= 0.6 is 23.2 Å². The maximum atomic E-state index is 13.9. The van der Waals surface area contributed by atoms with E-state index < -0.39 is 75.9 Å². The molecule has 0 aromatic heterocycles. The van der Waals surface area contributed by atoms with Crippen LogP contribution in [0.25, 0.3) is 0 Å². The van der Waals surface area contributed by atoms with Crippen LogP contribution in [0.1, 0.15) is 38.5 Å². The van der Waals surface area contributed by atoms with Gasteiger partial charge in [0, 0.05) is 11.6 Å². The van der Waals surface area contributed by atoms with Crippen LogP contribution in [0.5, 0.6) is 0 Å². The molecule has 34 heavy (non-hydrogen) atoms. The molecular weight excluding hydrogens is 518 g/mol. The second-order valence-electron chi connectivity index (χ2n) is 9.07. The van der Waals surface area contributed by atoms with Crippen molar-refractivity contribution >= 4 is 44.9 Å². The number of benzene rings is 1. The first kappa shape index (κ1) is 25.1. The fourth-order valence-electron chi connectivity index (χ4n) is 4.51. The number of carbonyl (C=O) groups is 2. The highest BCUT2D eigenvalue weighted by Crippen LogP contribution is 2.55. The third-order valence-corrected chi connectivity index (χ3v) is 9.80. The Labute approximate surface area is 204 Å². The van der Waals surface area contributed by atoms with Gasteiger partial charge in [-0.15, -0.1) is 0 Å². The molecule has 1 saturated heterocycles. The zero-order valence-corrected chi connectivity index (χ0v) is 20.0. The molecule has 1 N–H and O–H groups in total. The molecule has 4 rings (SSSR count). The fourth-order valence-corrected chi connectivity index (χ4v) is 6.98. The van der Waals surface area contributed by atoms with Gasteiger partial charge in [0.1, 0.15) is 17.0 Å². The van der Waals surface area contributed by atoms with Gasteiger partial charge in [0.2, 0.25) is 11.8 Å². The molecule has 1 heterocycles. The summed E-state index contributed by atoms with van der Waals surface area (Å²) in [6.45, 7) is -0.602. The Morgan fingerprint density at radius 3 is 2.29 bits per heavy atom. The number of nitrogens with one attached hydrogen (secondary N) is 1. The van der Waals surface area contributed by atoms with Gasteiger partial charge < -0.3 is 10.2 Å². The lowest BCUT2D eigenvalue weighted by Gasteiger charge is -2.44. The lowest BCUT2D eigenvalue weighted by atomic mass is 9.67. The van der Waals surface area contributed by atoms with Gasteiger partial charge >= 0.3 is 6.18 Å². The average Bonchev–Trinajstić information content (AvgIpc) is 3.30. The predicted octanol–water partition coefficient (Wildman–Crippen LogP) is 3.64. The second kappa shape index (κ2) is 8.28. The predicted molar refractivity (Wildman–Crippen MR) is 116 cm³/mol. The first-order valence-corrected chi connectivity index (χ1v) is 12.9. The van der Waals surface area contributed by atoms with E-state index in [-0.39, 0.29) is 21.4 Å². The molecule has 13 heteroatoms. The van der Waals surface area contributed by atoms with Gasteiger partial charge in [0.05, 0.1) is 21.2 Å². The van der Waals surface area contributed by atoms with Gasteiger partial charge in [0.15, 0.2) is 9.84 Å². The van der Waals surface area contributed by atoms with E-state index in [0.717, 1.165) is 4.90 Å². The SMILES string of the molecule is N#CC1(NC(=O)[C@@H]2C[C@@H](S(=O)(=O)c3ccc(Cl)cc3Cl)CN2C(=O)C2(C(F)(F)F)CCC2)CC1. The summed E-state index contributed by atoms with van der Waals surface area (Å²) in [6.07, 6.45) is -5.20. The van der Waals surface area contributed by atoms with Crippen molar-refractivity contribution < 1.29 is 31.2 Å². The Morgan fingerprint density at radius 2 is 1.82 bits per heavy atom. The van der Waals surface area contributed by atoms with Crippen molar-refractivity contribution in [3.63, 3.8) is 0 Å². The molecule has 3 fully saturated rings. The number of amides is 2. The molecule has 2 saturated carbocycles.